The maximum atomic E-state index is 10.6. The van der Waals surface area contributed by atoms with Gasteiger partial charge in [0.1, 0.15) is 4.32 Å². The molecule has 0 aromatic carbocycles. The van der Waals surface area contributed by atoms with Crippen LogP contribution in [-0.2, 0) is 4.79 Å². The van der Waals surface area contributed by atoms with E-state index < -0.39 is 4.32 Å². The Labute approximate surface area is 63.9 Å². The van der Waals surface area contributed by atoms with Crippen LogP contribution in [0.4, 0.5) is 0 Å². The minimum Gasteiger partial charge on any atom is -0.368 e. The molecule has 0 aliphatic rings. The summed E-state index contributed by atoms with van der Waals surface area (Å²) in [5.41, 5.74) is 5.07. The fraction of sp³-hybridized carbons (Fsp3) is 0.833. The molecule has 1 atom stereocenters. The molecule has 0 fully saturated rings. The van der Waals surface area contributed by atoms with Crippen molar-refractivity contribution in [3.63, 3.8) is 0 Å². The van der Waals surface area contributed by atoms with Gasteiger partial charge in [0, 0.05) is 0 Å². The third kappa shape index (κ3) is 2.84. The van der Waals surface area contributed by atoms with Crippen molar-refractivity contribution in [3.05, 3.63) is 0 Å². The number of hydrogen-bond donors (Lipinski definition) is 1. The summed E-state index contributed by atoms with van der Waals surface area (Å²) in [6.45, 7) is 3.81. The normalized spacial score (nSPS) is 16.8. The molecule has 0 rings (SSSR count). The average Bonchev–Trinajstić information content (AvgIpc) is 1.65. The van der Waals surface area contributed by atoms with Gasteiger partial charge in [-0.3, -0.25) is 4.79 Å². The summed E-state index contributed by atoms with van der Waals surface area (Å²) in [7, 11) is 0. The van der Waals surface area contributed by atoms with Crippen LogP contribution >= 0.6 is 15.9 Å². The van der Waals surface area contributed by atoms with E-state index >= 15 is 0 Å². The van der Waals surface area contributed by atoms with Crippen LogP contribution in [0.3, 0.4) is 0 Å². The molecule has 1 amide bonds. The Morgan fingerprint density at radius 3 is 2.33 bits per heavy atom. The van der Waals surface area contributed by atoms with Crippen molar-refractivity contribution in [1.82, 2.24) is 0 Å². The Balaban J connectivity index is 3.85. The summed E-state index contributed by atoms with van der Waals surface area (Å²) < 4.78 is -0.498. The first kappa shape index (κ1) is 8.95. The highest BCUT2D eigenvalue weighted by Gasteiger charge is 2.25. The number of nitrogens with two attached hydrogens (primary N) is 1. The maximum Gasteiger partial charge on any atom is 0.234 e. The Morgan fingerprint density at radius 2 is 2.22 bits per heavy atom. The highest BCUT2D eigenvalue weighted by molar-refractivity contribution is 9.10. The van der Waals surface area contributed by atoms with Crippen LogP contribution in [-0.4, -0.2) is 10.2 Å². The Hall–Kier alpha value is -0.0500. The summed E-state index contributed by atoms with van der Waals surface area (Å²) in [5.74, 6) is -0.288. The van der Waals surface area contributed by atoms with Gasteiger partial charge in [0.05, 0.1) is 0 Å². The summed E-state index contributed by atoms with van der Waals surface area (Å²) in [6, 6.07) is 0. The highest BCUT2D eigenvalue weighted by Crippen LogP contribution is 2.22. The molecular weight excluding hydrogens is 182 g/mol. The average molecular weight is 194 g/mol. The van der Waals surface area contributed by atoms with E-state index in [4.69, 9.17) is 5.73 Å². The van der Waals surface area contributed by atoms with Crippen molar-refractivity contribution in [2.24, 2.45) is 5.73 Å². The van der Waals surface area contributed by atoms with Crippen LogP contribution < -0.4 is 5.73 Å². The van der Waals surface area contributed by atoms with Gasteiger partial charge < -0.3 is 5.73 Å². The Kier molecular flexibility index (Phi) is 3.18. The number of amides is 1. The highest BCUT2D eigenvalue weighted by atomic mass is 79.9. The molecule has 2 nitrogen and oxygen atoms in total. The number of alkyl halides is 1. The zero-order valence-electron chi connectivity index (χ0n) is 5.78. The van der Waals surface area contributed by atoms with Crippen molar-refractivity contribution in [3.8, 4) is 0 Å². The number of primary amides is 1. The van der Waals surface area contributed by atoms with Crippen LogP contribution in [0.15, 0.2) is 0 Å². The number of rotatable bonds is 3. The molecule has 0 aliphatic carbocycles. The van der Waals surface area contributed by atoms with E-state index in [1.54, 1.807) is 6.92 Å². The van der Waals surface area contributed by atoms with E-state index in [1.165, 1.54) is 0 Å². The van der Waals surface area contributed by atoms with Gasteiger partial charge in [0.15, 0.2) is 0 Å². The van der Waals surface area contributed by atoms with Crippen molar-refractivity contribution < 1.29 is 4.79 Å². The topological polar surface area (TPSA) is 43.1 Å². The lowest BCUT2D eigenvalue weighted by Crippen LogP contribution is -2.34. The third-order valence-electron chi connectivity index (χ3n) is 1.23. The largest absolute Gasteiger partial charge is 0.368 e. The van der Waals surface area contributed by atoms with E-state index in [-0.39, 0.29) is 5.91 Å². The molecule has 9 heavy (non-hydrogen) atoms. The molecule has 0 aromatic heterocycles. The van der Waals surface area contributed by atoms with E-state index in [9.17, 15) is 4.79 Å². The Morgan fingerprint density at radius 1 is 1.78 bits per heavy atom. The molecular formula is C6H12BrNO. The SMILES string of the molecule is CCCC(C)(Br)C(N)=O. The fourth-order valence-corrected chi connectivity index (χ4v) is 0.989. The van der Waals surface area contributed by atoms with Crippen LogP contribution in [0.5, 0.6) is 0 Å². The number of carbonyl (C=O) groups excluding carboxylic acids is 1. The van der Waals surface area contributed by atoms with Gasteiger partial charge in [-0.05, 0) is 13.3 Å². The van der Waals surface area contributed by atoms with Crippen LogP contribution in [0, 0.1) is 0 Å². The second-order valence-electron chi connectivity index (χ2n) is 2.31. The fourth-order valence-electron chi connectivity index (χ4n) is 0.593. The standard InChI is InChI=1S/C6H12BrNO/c1-3-4-6(2,7)5(8)9/h3-4H2,1-2H3,(H2,8,9). The van der Waals surface area contributed by atoms with E-state index in [0.29, 0.717) is 0 Å². The van der Waals surface area contributed by atoms with Gasteiger partial charge in [0.2, 0.25) is 5.91 Å². The smallest absolute Gasteiger partial charge is 0.234 e. The molecule has 0 saturated heterocycles. The lowest BCUT2D eigenvalue weighted by Gasteiger charge is -2.15. The molecule has 0 saturated carbocycles. The maximum absolute atomic E-state index is 10.6. The molecule has 0 aliphatic heterocycles. The molecule has 0 aromatic rings. The molecule has 54 valence electrons. The number of carbonyl (C=O) groups is 1. The van der Waals surface area contributed by atoms with Crippen LogP contribution in [0.2, 0.25) is 0 Å². The first-order chi connectivity index (χ1) is 4.00. The number of halogens is 1. The zero-order valence-corrected chi connectivity index (χ0v) is 7.36. The van der Waals surface area contributed by atoms with Gasteiger partial charge in [-0.2, -0.15) is 0 Å². The second kappa shape index (κ2) is 3.20. The van der Waals surface area contributed by atoms with Gasteiger partial charge in [-0.1, -0.05) is 29.3 Å². The van der Waals surface area contributed by atoms with Crippen molar-refractivity contribution in [2.45, 2.75) is 31.0 Å². The summed E-state index contributed by atoms with van der Waals surface area (Å²) in [4.78, 5) is 10.6. The molecule has 0 spiro atoms. The van der Waals surface area contributed by atoms with E-state index in [2.05, 4.69) is 15.9 Å². The first-order valence-electron chi connectivity index (χ1n) is 2.99. The predicted molar refractivity (Wildman–Crippen MR) is 41.4 cm³/mol. The summed E-state index contributed by atoms with van der Waals surface area (Å²) in [6.07, 6.45) is 1.76. The third-order valence-corrected chi connectivity index (χ3v) is 2.02. The molecule has 0 heterocycles. The Bertz CT molecular complexity index is 112. The van der Waals surface area contributed by atoms with E-state index in [1.807, 2.05) is 6.92 Å². The molecule has 0 bridgehead atoms. The van der Waals surface area contributed by atoms with Gasteiger partial charge in [-0.15, -0.1) is 0 Å². The quantitative estimate of drug-likeness (QED) is 0.678. The molecule has 1 unspecified atom stereocenters. The number of hydrogen-bond acceptors (Lipinski definition) is 1. The van der Waals surface area contributed by atoms with Gasteiger partial charge in [0.25, 0.3) is 0 Å². The molecule has 0 radical (unpaired) electrons. The lowest BCUT2D eigenvalue weighted by atomic mass is 10.1. The van der Waals surface area contributed by atoms with Crippen LogP contribution in [0.25, 0.3) is 0 Å². The monoisotopic (exact) mass is 193 g/mol. The van der Waals surface area contributed by atoms with Crippen molar-refractivity contribution in [1.29, 1.82) is 0 Å². The zero-order chi connectivity index (χ0) is 7.49. The summed E-state index contributed by atoms with van der Waals surface area (Å²) in [5, 5.41) is 0. The molecule has 2 N–H and O–H groups in total. The van der Waals surface area contributed by atoms with Gasteiger partial charge in [-0.25, -0.2) is 0 Å². The van der Waals surface area contributed by atoms with E-state index in [0.717, 1.165) is 12.8 Å². The second-order valence-corrected chi connectivity index (χ2v) is 4.06. The van der Waals surface area contributed by atoms with Crippen molar-refractivity contribution in [2.75, 3.05) is 0 Å². The van der Waals surface area contributed by atoms with Crippen molar-refractivity contribution >= 4 is 21.8 Å². The minimum absolute atomic E-state index is 0.288. The lowest BCUT2D eigenvalue weighted by molar-refractivity contribution is -0.119. The first-order valence-corrected chi connectivity index (χ1v) is 3.79. The molecule has 3 heteroatoms. The minimum atomic E-state index is -0.498. The predicted octanol–water partition coefficient (Wildman–Crippen LogP) is 1.43. The van der Waals surface area contributed by atoms with Gasteiger partial charge >= 0.3 is 0 Å². The summed E-state index contributed by atoms with van der Waals surface area (Å²) >= 11 is 3.23. The van der Waals surface area contributed by atoms with Crippen LogP contribution in [0.1, 0.15) is 26.7 Å².